The Kier molecular flexibility index (Phi) is 4.66. The number of ether oxygens (including phenoxy) is 1. The van der Waals surface area contributed by atoms with Gasteiger partial charge in [0.2, 0.25) is 0 Å². The van der Waals surface area contributed by atoms with Crippen molar-refractivity contribution in [1.29, 1.82) is 0 Å². The van der Waals surface area contributed by atoms with E-state index in [-0.39, 0.29) is 17.5 Å². The number of nitrogens with one attached hydrogen (secondary N) is 1. The van der Waals surface area contributed by atoms with Crippen molar-refractivity contribution in [2.45, 2.75) is 64.9 Å². The van der Waals surface area contributed by atoms with Gasteiger partial charge in [-0.3, -0.25) is 4.79 Å². The normalized spacial score (nSPS) is 36.6. The fraction of sp³-hybridized carbons (Fsp3) is 0.933. The minimum atomic E-state index is -0.224. The Morgan fingerprint density at radius 3 is 2.61 bits per heavy atom. The molecule has 1 unspecified atom stereocenters. The van der Waals surface area contributed by atoms with Gasteiger partial charge < -0.3 is 10.1 Å². The number of hydrogen-bond donors (Lipinski definition) is 1. The third-order valence-electron chi connectivity index (χ3n) is 4.64. The Bertz CT molecular complexity index is 276. The first-order chi connectivity index (χ1) is 8.66. The molecule has 104 valence electrons. The minimum Gasteiger partial charge on any atom is -0.462 e. The average molecular weight is 253 g/mol. The highest BCUT2D eigenvalue weighted by Crippen LogP contribution is 2.34. The summed E-state index contributed by atoms with van der Waals surface area (Å²) in [5, 5.41) is 3.32. The molecule has 3 heteroatoms. The quantitative estimate of drug-likeness (QED) is 0.783. The molecule has 18 heavy (non-hydrogen) atoms. The largest absolute Gasteiger partial charge is 0.462 e. The van der Waals surface area contributed by atoms with Gasteiger partial charge in [-0.1, -0.05) is 20.3 Å². The Labute approximate surface area is 111 Å². The van der Waals surface area contributed by atoms with Gasteiger partial charge in [-0.05, 0) is 51.0 Å². The van der Waals surface area contributed by atoms with E-state index in [4.69, 9.17) is 4.74 Å². The molecule has 1 saturated heterocycles. The number of rotatable bonds is 4. The lowest BCUT2D eigenvalue weighted by atomic mass is 9.82. The minimum absolute atomic E-state index is 0.0638. The molecular formula is C15H27NO2. The van der Waals surface area contributed by atoms with Gasteiger partial charge in [0.1, 0.15) is 6.10 Å². The Morgan fingerprint density at radius 1 is 1.33 bits per heavy atom. The molecular weight excluding hydrogens is 226 g/mol. The zero-order valence-corrected chi connectivity index (χ0v) is 11.8. The molecule has 1 N–H and O–H groups in total. The summed E-state index contributed by atoms with van der Waals surface area (Å²) in [7, 11) is 0. The van der Waals surface area contributed by atoms with E-state index < -0.39 is 0 Å². The zero-order valence-electron chi connectivity index (χ0n) is 11.8. The number of hydrogen-bond acceptors (Lipinski definition) is 3. The molecule has 1 aliphatic carbocycles. The SMILES string of the molecule is CCCC1(C(=O)OC2CCC(C)CC2)CCNC1. The molecule has 0 amide bonds. The van der Waals surface area contributed by atoms with E-state index in [0.29, 0.717) is 0 Å². The maximum atomic E-state index is 12.4. The Balaban J connectivity index is 1.89. The van der Waals surface area contributed by atoms with E-state index in [0.717, 1.165) is 51.1 Å². The van der Waals surface area contributed by atoms with Crippen molar-refractivity contribution in [1.82, 2.24) is 5.32 Å². The highest BCUT2D eigenvalue weighted by Gasteiger charge is 2.42. The molecule has 3 nitrogen and oxygen atoms in total. The van der Waals surface area contributed by atoms with Gasteiger partial charge in [-0.2, -0.15) is 0 Å². The second-order valence-corrected chi connectivity index (χ2v) is 6.24. The van der Waals surface area contributed by atoms with Crippen molar-refractivity contribution in [2.75, 3.05) is 13.1 Å². The predicted molar refractivity (Wildman–Crippen MR) is 72.3 cm³/mol. The molecule has 1 atom stereocenters. The maximum absolute atomic E-state index is 12.4. The van der Waals surface area contributed by atoms with Gasteiger partial charge in [-0.25, -0.2) is 0 Å². The second kappa shape index (κ2) is 6.05. The van der Waals surface area contributed by atoms with E-state index in [1.54, 1.807) is 0 Å². The van der Waals surface area contributed by atoms with Crippen LogP contribution in [0.25, 0.3) is 0 Å². The lowest BCUT2D eigenvalue weighted by Gasteiger charge is -2.31. The van der Waals surface area contributed by atoms with E-state index in [9.17, 15) is 4.79 Å². The topological polar surface area (TPSA) is 38.3 Å². The van der Waals surface area contributed by atoms with Crippen LogP contribution in [-0.2, 0) is 9.53 Å². The summed E-state index contributed by atoms with van der Waals surface area (Å²) < 4.78 is 5.80. The van der Waals surface area contributed by atoms with Crippen molar-refractivity contribution in [2.24, 2.45) is 11.3 Å². The third-order valence-corrected chi connectivity index (χ3v) is 4.64. The second-order valence-electron chi connectivity index (χ2n) is 6.24. The Morgan fingerprint density at radius 2 is 2.06 bits per heavy atom. The van der Waals surface area contributed by atoms with Crippen LogP contribution in [0, 0.1) is 11.3 Å². The van der Waals surface area contributed by atoms with Crippen molar-refractivity contribution in [3.8, 4) is 0 Å². The van der Waals surface area contributed by atoms with Crippen molar-refractivity contribution >= 4 is 5.97 Å². The van der Waals surface area contributed by atoms with Crippen LogP contribution in [0.4, 0.5) is 0 Å². The van der Waals surface area contributed by atoms with Crippen LogP contribution in [0.5, 0.6) is 0 Å². The lowest BCUT2D eigenvalue weighted by molar-refractivity contribution is -0.162. The lowest BCUT2D eigenvalue weighted by Crippen LogP contribution is -2.38. The van der Waals surface area contributed by atoms with Crippen LogP contribution in [0.15, 0.2) is 0 Å². The molecule has 1 saturated carbocycles. The summed E-state index contributed by atoms with van der Waals surface area (Å²) in [4.78, 5) is 12.4. The monoisotopic (exact) mass is 253 g/mol. The number of carbonyl (C=O) groups excluding carboxylic acids is 1. The molecule has 1 aliphatic heterocycles. The standard InChI is InChI=1S/C15H27NO2/c1-3-8-15(9-10-16-11-15)14(17)18-13-6-4-12(2)5-7-13/h12-13,16H,3-11H2,1-2H3. The first-order valence-corrected chi connectivity index (χ1v) is 7.58. The van der Waals surface area contributed by atoms with Crippen LogP contribution in [0.1, 0.15) is 58.8 Å². The van der Waals surface area contributed by atoms with Crippen molar-refractivity contribution < 1.29 is 9.53 Å². The van der Waals surface area contributed by atoms with Gasteiger partial charge in [0.05, 0.1) is 5.41 Å². The molecule has 0 spiro atoms. The van der Waals surface area contributed by atoms with Gasteiger partial charge in [0.15, 0.2) is 0 Å². The summed E-state index contributed by atoms with van der Waals surface area (Å²) in [5.74, 6) is 0.867. The first-order valence-electron chi connectivity index (χ1n) is 7.58. The first kappa shape index (κ1) is 13.9. The number of carbonyl (C=O) groups is 1. The third kappa shape index (κ3) is 3.05. The van der Waals surface area contributed by atoms with Gasteiger partial charge in [-0.15, -0.1) is 0 Å². The molecule has 2 aliphatic rings. The molecule has 0 bridgehead atoms. The predicted octanol–water partition coefficient (Wildman–Crippen LogP) is 2.89. The van der Waals surface area contributed by atoms with Crippen molar-refractivity contribution in [3.05, 3.63) is 0 Å². The molecule has 2 fully saturated rings. The van der Waals surface area contributed by atoms with E-state index in [1.807, 2.05) is 0 Å². The van der Waals surface area contributed by atoms with E-state index in [1.165, 1.54) is 12.8 Å². The summed E-state index contributed by atoms with van der Waals surface area (Å²) in [6, 6.07) is 0. The van der Waals surface area contributed by atoms with E-state index in [2.05, 4.69) is 19.2 Å². The van der Waals surface area contributed by atoms with Gasteiger partial charge >= 0.3 is 5.97 Å². The number of esters is 1. The molecule has 0 aromatic heterocycles. The molecule has 2 rings (SSSR count). The highest BCUT2D eigenvalue weighted by atomic mass is 16.5. The van der Waals surface area contributed by atoms with Crippen LogP contribution < -0.4 is 5.32 Å². The maximum Gasteiger partial charge on any atom is 0.313 e. The summed E-state index contributed by atoms with van der Waals surface area (Å²) in [6.07, 6.45) is 7.67. The molecule has 0 radical (unpaired) electrons. The van der Waals surface area contributed by atoms with Gasteiger partial charge in [0, 0.05) is 6.54 Å². The van der Waals surface area contributed by atoms with Crippen LogP contribution in [0.2, 0.25) is 0 Å². The summed E-state index contributed by atoms with van der Waals surface area (Å²) in [5.41, 5.74) is -0.224. The average Bonchev–Trinajstić information content (AvgIpc) is 2.82. The highest BCUT2D eigenvalue weighted by molar-refractivity contribution is 5.77. The van der Waals surface area contributed by atoms with Gasteiger partial charge in [0.25, 0.3) is 0 Å². The molecule has 0 aromatic carbocycles. The zero-order chi connectivity index (χ0) is 13.0. The fourth-order valence-electron chi connectivity index (χ4n) is 3.34. The smallest absolute Gasteiger partial charge is 0.313 e. The molecule has 1 heterocycles. The summed E-state index contributed by atoms with van der Waals surface area (Å²) >= 11 is 0. The fourth-order valence-corrected chi connectivity index (χ4v) is 3.34. The Hall–Kier alpha value is -0.570. The van der Waals surface area contributed by atoms with Crippen LogP contribution in [-0.4, -0.2) is 25.2 Å². The summed E-state index contributed by atoms with van der Waals surface area (Å²) in [6.45, 7) is 6.20. The van der Waals surface area contributed by atoms with Crippen LogP contribution >= 0.6 is 0 Å². The van der Waals surface area contributed by atoms with Crippen LogP contribution in [0.3, 0.4) is 0 Å². The van der Waals surface area contributed by atoms with E-state index >= 15 is 0 Å². The van der Waals surface area contributed by atoms with Crippen molar-refractivity contribution in [3.63, 3.8) is 0 Å². The molecule has 0 aromatic rings.